The van der Waals surface area contributed by atoms with Crippen molar-refractivity contribution >= 4 is 50.1 Å². The maximum atomic E-state index is 12.7. The highest BCUT2D eigenvalue weighted by Gasteiger charge is 2.24. The van der Waals surface area contributed by atoms with Gasteiger partial charge in [-0.3, -0.25) is 4.79 Å². The molecule has 132 valence electrons. The maximum absolute atomic E-state index is 12.7. The molecule has 6 nitrogen and oxygen atoms in total. The zero-order chi connectivity index (χ0) is 18.4. The van der Waals surface area contributed by atoms with Gasteiger partial charge in [-0.25, -0.2) is 9.61 Å². The van der Waals surface area contributed by atoms with Crippen LogP contribution in [0.2, 0.25) is 5.02 Å². The van der Waals surface area contributed by atoms with Crippen molar-refractivity contribution in [3.05, 3.63) is 39.4 Å². The van der Waals surface area contributed by atoms with E-state index in [1.807, 2.05) is 39.0 Å². The molecule has 1 amide bonds. The average molecular weight is 387 g/mol. The number of nitrogens with zero attached hydrogens (tertiary/aromatic N) is 3. The van der Waals surface area contributed by atoms with E-state index < -0.39 is 0 Å². The van der Waals surface area contributed by atoms with Crippen molar-refractivity contribution in [2.24, 2.45) is 0 Å². The van der Waals surface area contributed by atoms with Crippen molar-refractivity contribution in [2.75, 3.05) is 6.54 Å². The van der Waals surface area contributed by atoms with Crippen LogP contribution in [-0.2, 0) is 0 Å². The number of benzene rings is 1. The van der Waals surface area contributed by atoms with Gasteiger partial charge in [0.15, 0.2) is 0 Å². The van der Waals surface area contributed by atoms with Gasteiger partial charge in [-0.15, -0.1) is 11.3 Å². The van der Waals surface area contributed by atoms with Crippen LogP contribution in [0.25, 0.3) is 32.4 Å². The number of halogens is 1. The number of nitrogens with one attached hydrogen (secondary N) is 1. The number of aromatic nitrogens is 3. The lowest BCUT2D eigenvalue weighted by Crippen LogP contribution is -2.22. The van der Waals surface area contributed by atoms with E-state index in [2.05, 4.69) is 20.6 Å². The first-order chi connectivity index (χ1) is 12.5. The SMILES string of the molecule is CCNC(=O)c1sc2nc(C)c(Cl)c(C)c2c1-c1ccc2nonc2c1. The summed E-state index contributed by atoms with van der Waals surface area (Å²) in [6.07, 6.45) is 0. The van der Waals surface area contributed by atoms with Crippen molar-refractivity contribution in [3.63, 3.8) is 0 Å². The number of carbonyl (C=O) groups is 1. The molecular weight excluding hydrogens is 372 g/mol. The van der Waals surface area contributed by atoms with Gasteiger partial charge < -0.3 is 5.32 Å². The Morgan fingerprint density at radius 3 is 2.81 bits per heavy atom. The van der Waals surface area contributed by atoms with Crippen LogP contribution in [0.1, 0.15) is 27.9 Å². The first kappa shape index (κ1) is 16.9. The van der Waals surface area contributed by atoms with Crippen LogP contribution in [0.3, 0.4) is 0 Å². The number of pyridine rings is 1. The van der Waals surface area contributed by atoms with Crippen molar-refractivity contribution < 1.29 is 9.42 Å². The van der Waals surface area contributed by atoms with Gasteiger partial charge in [0.2, 0.25) is 0 Å². The maximum Gasteiger partial charge on any atom is 0.262 e. The Kier molecular flexibility index (Phi) is 4.13. The van der Waals surface area contributed by atoms with Gasteiger partial charge in [-0.05, 0) is 54.3 Å². The van der Waals surface area contributed by atoms with Crippen molar-refractivity contribution in [3.8, 4) is 11.1 Å². The van der Waals surface area contributed by atoms with Gasteiger partial charge in [-0.2, -0.15) is 0 Å². The minimum atomic E-state index is -0.128. The lowest BCUT2D eigenvalue weighted by molar-refractivity contribution is 0.0960. The molecule has 4 aromatic rings. The predicted molar refractivity (Wildman–Crippen MR) is 103 cm³/mol. The van der Waals surface area contributed by atoms with Crippen LogP contribution in [0.4, 0.5) is 0 Å². The molecule has 0 saturated heterocycles. The molecule has 3 heterocycles. The van der Waals surface area contributed by atoms with Crippen LogP contribution >= 0.6 is 22.9 Å². The molecule has 0 radical (unpaired) electrons. The second-order valence-electron chi connectivity index (χ2n) is 5.95. The minimum absolute atomic E-state index is 0.128. The van der Waals surface area contributed by atoms with E-state index >= 15 is 0 Å². The third-order valence-electron chi connectivity index (χ3n) is 4.27. The molecule has 8 heteroatoms. The van der Waals surface area contributed by atoms with Crippen LogP contribution in [0.5, 0.6) is 0 Å². The molecule has 1 aromatic carbocycles. The number of aryl methyl sites for hydroxylation is 2. The Morgan fingerprint density at radius 2 is 2.04 bits per heavy atom. The molecule has 0 aliphatic carbocycles. The monoisotopic (exact) mass is 386 g/mol. The van der Waals surface area contributed by atoms with Gasteiger partial charge >= 0.3 is 0 Å². The van der Waals surface area contributed by atoms with Crippen molar-refractivity contribution in [2.45, 2.75) is 20.8 Å². The normalized spacial score (nSPS) is 11.4. The third-order valence-corrected chi connectivity index (χ3v) is 5.91. The molecular formula is C18H15ClN4O2S. The summed E-state index contributed by atoms with van der Waals surface area (Å²) in [7, 11) is 0. The van der Waals surface area contributed by atoms with E-state index in [9.17, 15) is 4.79 Å². The fourth-order valence-corrected chi connectivity index (χ4v) is 4.40. The van der Waals surface area contributed by atoms with E-state index in [4.69, 9.17) is 16.2 Å². The molecule has 26 heavy (non-hydrogen) atoms. The van der Waals surface area contributed by atoms with Gasteiger partial charge in [-0.1, -0.05) is 17.7 Å². The van der Waals surface area contributed by atoms with Crippen molar-refractivity contribution in [1.82, 2.24) is 20.6 Å². The van der Waals surface area contributed by atoms with E-state index in [-0.39, 0.29) is 5.91 Å². The summed E-state index contributed by atoms with van der Waals surface area (Å²) in [5.74, 6) is -0.128. The van der Waals surface area contributed by atoms with Crippen LogP contribution < -0.4 is 5.32 Å². The number of hydrogen-bond acceptors (Lipinski definition) is 6. The summed E-state index contributed by atoms with van der Waals surface area (Å²) in [5.41, 5.74) is 4.62. The third kappa shape index (κ3) is 2.55. The molecule has 0 spiro atoms. The lowest BCUT2D eigenvalue weighted by Gasteiger charge is -2.08. The van der Waals surface area contributed by atoms with Crippen LogP contribution in [0.15, 0.2) is 22.8 Å². The largest absolute Gasteiger partial charge is 0.352 e. The van der Waals surface area contributed by atoms with Crippen molar-refractivity contribution in [1.29, 1.82) is 0 Å². The van der Waals surface area contributed by atoms with Gasteiger partial charge in [0.05, 0.1) is 10.7 Å². The quantitative estimate of drug-likeness (QED) is 0.559. The summed E-state index contributed by atoms with van der Waals surface area (Å²) in [5, 5.41) is 12.1. The van der Waals surface area contributed by atoms with Gasteiger partial charge in [0.25, 0.3) is 5.91 Å². The molecule has 4 rings (SSSR count). The summed E-state index contributed by atoms with van der Waals surface area (Å²) >= 11 is 7.82. The first-order valence-electron chi connectivity index (χ1n) is 8.11. The fraction of sp³-hybridized carbons (Fsp3) is 0.222. The van der Waals surface area contributed by atoms with E-state index in [1.54, 1.807) is 0 Å². The second-order valence-corrected chi connectivity index (χ2v) is 7.33. The Bertz CT molecular complexity index is 1170. The smallest absolute Gasteiger partial charge is 0.262 e. The zero-order valence-electron chi connectivity index (χ0n) is 14.4. The number of rotatable bonds is 3. The number of hydrogen-bond donors (Lipinski definition) is 1. The molecule has 0 saturated carbocycles. The summed E-state index contributed by atoms with van der Waals surface area (Å²) < 4.78 is 4.79. The first-order valence-corrected chi connectivity index (χ1v) is 9.30. The topological polar surface area (TPSA) is 80.9 Å². The summed E-state index contributed by atoms with van der Waals surface area (Å²) in [6.45, 7) is 6.26. The molecule has 3 aromatic heterocycles. The lowest BCUT2D eigenvalue weighted by atomic mass is 9.99. The standard InChI is InChI=1S/C18H15ClN4O2S/c1-4-20-17(24)16-14(10-5-6-11-12(7-10)23-25-22-11)13-8(2)15(19)9(3)21-18(13)26-16/h5-7H,4H2,1-3H3,(H,20,24). The molecule has 0 aliphatic heterocycles. The Hall–Kier alpha value is -2.51. The number of amides is 1. The van der Waals surface area contributed by atoms with Gasteiger partial charge in [0.1, 0.15) is 20.7 Å². The van der Waals surface area contributed by atoms with Gasteiger partial charge in [0, 0.05) is 17.5 Å². The highest BCUT2D eigenvalue weighted by atomic mass is 35.5. The molecule has 0 aliphatic rings. The van der Waals surface area contributed by atoms with Crippen LogP contribution in [-0.4, -0.2) is 27.7 Å². The number of fused-ring (bicyclic) bond motifs is 2. The summed E-state index contributed by atoms with van der Waals surface area (Å²) in [6, 6.07) is 5.60. The average Bonchev–Trinajstić information content (AvgIpc) is 3.23. The molecule has 0 atom stereocenters. The summed E-state index contributed by atoms with van der Waals surface area (Å²) in [4.78, 5) is 18.7. The van der Waals surface area contributed by atoms with Crippen LogP contribution in [0, 0.1) is 13.8 Å². The Labute approximate surface area is 158 Å². The Morgan fingerprint density at radius 1 is 1.27 bits per heavy atom. The highest BCUT2D eigenvalue weighted by molar-refractivity contribution is 7.21. The molecule has 0 fully saturated rings. The zero-order valence-corrected chi connectivity index (χ0v) is 16.0. The van der Waals surface area contributed by atoms with E-state index in [0.717, 1.165) is 32.6 Å². The Balaban J connectivity index is 2.08. The number of carbonyl (C=O) groups excluding carboxylic acids is 1. The molecule has 0 bridgehead atoms. The predicted octanol–water partition coefficient (Wildman–Crippen LogP) is 4.52. The molecule has 1 N–H and O–H groups in total. The fourth-order valence-electron chi connectivity index (χ4n) is 3.04. The number of thiophene rings is 1. The van der Waals surface area contributed by atoms with E-state index in [0.29, 0.717) is 27.5 Å². The van der Waals surface area contributed by atoms with E-state index in [1.165, 1.54) is 11.3 Å². The highest BCUT2D eigenvalue weighted by Crippen LogP contribution is 2.42. The molecule has 0 unspecified atom stereocenters. The second kappa shape index (κ2) is 6.34. The minimum Gasteiger partial charge on any atom is -0.352 e.